The predicted molar refractivity (Wildman–Crippen MR) is 124 cm³/mol. The third kappa shape index (κ3) is 7.41. The third-order valence-electron chi connectivity index (χ3n) is 5.92. The van der Waals surface area contributed by atoms with E-state index in [4.69, 9.17) is 9.47 Å². The van der Waals surface area contributed by atoms with Crippen molar-refractivity contribution in [2.24, 2.45) is 17.8 Å². The van der Waals surface area contributed by atoms with Crippen LogP contribution in [0.3, 0.4) is 0 Å². The van der Waals surface area contributed by atoms with Gasteiger partial charge >= 0.3 is 5.97 Å². The summed E-state index contributed by atoms with van der Waals surface area (Å²) < 4.78 is 12.1. The van der Waals surface area contributed by atoms with Crippen molar-refractivity contribution in [1.82, 2.24) is 0 Å². The zero-order valence-electron chi connectivity index (χ0n) is 17.7. The van der Waals surface area contributed by atoms with Crippen LogP contribution in [0.4, 0.5) is 0 Å². The second-order valence-corrected chi connectivity index (χ2v) is 9.21. The number of alkyl halides is 1. The minimum Gasteiger partial charge on any atom is -0.497 e. The molecule has 0 aromatic heterocycles. The van der Waals surface area contributed by atoms with Gasteiger partial charge in [-0.2, -0.15) is 0 Å². The first-order chi connectivity index (χ1) is 13.4. The highest BCUT2D eigenvalue weighted by Gasteiger charge is 2.23. The Morgan fingerprint density at radius 3 is 2.64 bits per heavy atom. The number of esters is 1. The summed E-state index contributed by atoms with van der Waals surface area (Å²) in [6.45, 7) is 6.76. The molecule has 0 amide bonds. The summed E-state index contributed by atoms with van der Waals surface area (Å²) in [4.78, 5) is 12.4. The second kappa shape index (κ2) is 11.8. The van der Waals surface area contributed by atoms with Gasteiger partial charge in [-0.25, -0.2) is 0 Å². The molecular weight excluding hydrogens is 463 g/mol. The second-order valence-electron chi connectivity index (χ2n) is 8.33. The van der Waals surface area contributed by atoms with Crippen molar-refractivity contribution < 1.29 is 14.3 Å². The summed E-state index contributed by atoms with van der Waals surface area (Å²) in [5.41, 5.74) is 2.75. The number of cyclic esters (lactones) is 1. The summed E-state index contributed by atoms with van der Waals surface area (Å²) in [5, 5.41) is 0. The SMILES string of the molecule is COc1ccc(CC2CCCC(=O)O[C@@H]([C@H](C)CI)C/C=C(\C)C[C@H]2C)cc1. The van der Waals surface area contributed by atoms with Crippen LogP contribution in [-0.2, 0) is 16.0 Å². The zero-order valence-corrected chi connectivity index (χ0v) is 19.9. The van der Waals surface area contributed by atoms with Crippen LogP contribution < -0.4 is 4.74 Å². The largest absolute Gasteiger partial charge is 0.497 e. The average Bonchev–Trinajstić information content (AvgIpc) is 2.69. The molecule has 0 fully saturated rings. The van der Waals surface area contributed by atoms with Crippen LogP contribution in [0.1, 0.15) is 58.4 Å². The fourth-order valence-corrected chi connectivity index (χ4v) is 4.53. The lowest BCUT2D eigenvalue weighted by Crippen LogP contribution is -2.26. The molecule has 0 saturated carbocycles. The van der Waals surface area contributed by atoms with E-state index in [9.17, 15) is 4.79 Å². The van der Waals surface area contributed by atoms with Gasteiger partial charge in [0.1, 0.15) is 11.9 Å². The lowest BCUT2D eigenvalue weighted by molar-refractivity contribution is -0.151. The van der Waals surface area contributed by atoms with Crippen LogP contribution in [0.25, 0.3) is 0 Å². The van der Waals surface area contributed by atoms with Gasteiger partial charge in [0.2, 0.25) is 0 Å². The van der Waals surface area contributed by atoms with E-state index in [0.717, 1.165) is 42.3 Å². The molecule has 1 aromatic rings. The van der Waals surface area contributed by atoms with Gasteiger partial charge in [-0.15, -0.1) is 0 Å². The van der Waals surface area contributed by atoms with Crippen molar-refractivity contribution in [3.63, 3.8) is 0 Å². The number of rotatable bonds is 5. The summed E-state index contributed by atoms with van der Waals surface area (Å²) in [5.74, 6) is 2.40. The molecule has 4 atom stereocenters. The first-order valence-electron chi connectivity index (χ1n) is 10.5. The molecule has 1 aliphatic heterocycles. The highest BCUT2D eigenvalue weighted by molar-refractivity contribution is 14.1. The molecule has 4 heteroatoms. The van der Waals surface area contributed by atoms with Gasteiger partial charge in [0.05, 0.1) is 7.11 Å². The van der Waals surface area contributed by atoms with Crippen molar-refractivity contribution in [2.75, 3.05) is 11.5 Å². The first kappa shape index (κ1) is 23.2. The van der Waals surface area contributed by atoms with E-state index < -0.39 is 0 Å². The van der Waals surface area contributed by atoms with Crippen molar-refractivity contribution in [3.05, 3.63) is 41.5 Å². The smallest absolute Gasteiger partial charge is 0.306 e. The van der Waals surface area contributed by atoms with E-state index in [1.165, 1.54) is 11.1 Å². The van der Waals surface area contributed by atoms with Gasteiger partial charge in [-0.05, 0) is 62.1 Å². The minimum atomic E-state index is -0.0378. The van der Waals surface area contributed by atoms with Crippen LogP contribution in [0.15, 0.2) is 35.9 Å². The van der Waals surface area contributed by atoms with Gasteiger partial charge in [-0.3, -0.25) is 4.79 Å². The van der Waals surface area contributed by atoms with Gasteiger partial charge in [0.15, 0.2) is 0 Å². The predicted octanol–water partition coefficient (Wildman–Crippen LogP) is 6.38. The van der Waals surface area contributed by atoms with Crippen molar-refractivity contribution in [2.45, 2.75) is 65.4 Å². The van der Waals surface area contributed by atoms with Crippen LogP contribution >= 0.6 is 22.6 Å². The highest BCUT2D eigenvalue weighted by atomic mass is 127. The molecule has 0 aliphatic carbocycles. The Bertz CT molecular complexity index is 638. The molecule has 0 bridgehead atoms. The summed E-state index contributed by atoms with van der Waals surface area (Å²) in [7, 11) is 1.70. The Morgan fingerprint density at radius 1 is 1.29 bits per heavy atom. The molecule has 1 unspecified atom stereocenters. The van der Waals surface area contributed by atoms with E-state index in [0.29, 0.717) is 24.2 Å². The fourth-order valence-electron chi connectivity index (χ4n) is 3.96. The summed E-state index contributed by atoms with van der Waals surface area (Å²) in [6.07, 6.45) is 7.77. The molecule has 0 spiro atoms. The maximum Gasteiger partial charge on any atom is 0.306 e. The number of benzene rings is 1. The molecule has 2 rings (SSSR count). The molecular formula is C24H35IO3. The number of carbonyl (C=O) groups excluding carboxylic acids is 1. The van der Waals surface area contributed by atoms with E-state index in [1.54, 1.807) is 7.11 Å². The van der Waals surface area contributed by atoms with Crippen LogP contribution in [0.5, 0.6) is 5.75 Å². The lowest BCUT2D eigenvalue weighted by atomic mass is 9.80. The molecule has 1 aliphatic rings. The van der Waals surface area contributed by atoms with Gasteiger partial charge in [0.25, 0.3) is 0 Å². The molecule has 28 heavy (non-hydrogen) atoms. The molecule has 0 saturated heterocycles. The normalized spacial score (nSPS) is 27.5. The highest BCUT2D eigenvalue weighted by Crippen LogP contribution is 2.30. The van der Waals surface area contributed by atoms with E-state index in [2.05, 4.69) is 61.6 Å². The van der Waals surface area contributed by atoms with Crippen LogP contribution in [-0.4, -0.2) is 23.6 Å². The Hall–Kier alpha value is -1.04. The molecule has 0 N–H and O–H groups in total. The van der Waals surface area contributed by atoms with E-state index in [-0.39, 0.29) is 12.1 Å². The Labute approximate surface area is 184 Å². The average molecular weight is 498 g/mol. The van der Waals surface area contributed by atoms with E-state index >= 15 is 0 Å². The number of halogens is 1. The van der Waals surface area contributed by atoms with E-state index in [1.807, 2.05) is 12.1 Å². The van der Waals surface area contributed by atoms with Crippen LogP contribution in [0.2, 0.25) is 0 Å². The first-order valence-corrected chi connectivity index (χ1v) is 12.0. The standard InChI is InChI=1S/C24H35IO3/c1-17-8-13-23(19(3)16-25)28-24(26)7-5-6-21(18(2)14-17)15-20-9-11-22(27-4)12-10-20/h8-12,18-19,21,23H,5-7,13-16H2,1-4H3/b17-8+/t18-,19-,21?,23-/m1/s1. The van der Waals surface area contributed by atoms with Crippen LogP contribution in [0, 0.1) is 17.8 Å². The van der Waals surface area contributed by atoms with Crippen molar-refractivity contribution in [1.29, 1.82) is 0 Å². The number of methoxy groups -OCH3 is 1. The number of hydrogen-bond donors (Lipinski definition) is 0. The van der Waals surface area contributed by atoms with Gasteiger partial charge in [-0.1, -0.05) is 60.2 Å². The molecule has 1 heterocycles. The van der Waals surface area contributed by atoms with Gasteiger partial charge in [0, 0.05) is 23.2 Å². The third-order valence-corrected chi connectivity index (χ3v) is 7.31. The minimum absolute atomic E-state index is 0.00387. The Balaban J connectivity index is 2.10. The maximum atomic E-state index is 12.4. The number of allylic oxidation sites excluding steroid dienone is 1. The molecule has 0 radical (unpaired) electrons. The van der Waals surface area contributed by atoms with Crippen molar-refractivity contribution in [3.8, 4) is 5.75 Å². The summed E-state index contributed by atoms with van der Waals surface area (Å²) >= 11 is 2.38. The quantitative estimate of drug-likeness (QED) is 0.205. The lowest BCUT2D eigenvalue weighted by Gasteiger charge is -2.27. The molecule has 156 valence electrons. The molecule has 3 nitrogen and oxygen atoms in total. The summed E-state index contributed by atoms with van der Waals surface area (Å²) in [6, 6.07) is 8.39. The number of carbonyl (C=O) groups is 1. The topological polar surface area (TPSA) is 35.5 Å². The Kier molecular flexibility index (Phi) is 9.83. The van der Waals surface area contributed by atoms with Gasteiger partial charge < -0.3 is 9.47 Å². The number of ether oxygens (including phenoxy) is 2. The monoisotopic (exact) mass is 498 g/mol. The molecule has 1 aromatic carbocycles. The zero-order chi connectivity index (χ0) is 20.5. The van der Waals surface area contributed by atoms with Crippen molar-refractivity contribution >= 4 is 28.6 Å². The fraction of sp³-hybridized carbons (Fsp3) is 0.625. The number of hydrogen-bond acceptors (Lipinski definition) is 3. The Morgan fingerprint density at radius 2 is 2.00 bits per heavy atom. The maximum absolute atomic E-state index is 12.4.